The Bertz CT molecular complexity index is 809. The third kappa shape index (κ3) is 3.38. The molecule has 1 aromatic carbocycles. The highest BCUT2D eigenvalue weighted by Crippen LogP contribution is 2.28. The predicted molar refractivity (Wildman–Crippen MR) is 96.9 cm³/mol. The maximum absolute atomic E-state index is 12.7. The van der Waals surface area contributed by atoms with Gasteiger partial charge in [0.1, 0.15) is 5.56 Å². The highest BCUT2D eigenvalue weighted by Gasteiger charge is 2.25. The van der Waals surface area contributed by atoms with Crippen LogP contribution in [0.5, 0.6) is 0 Å². The van der Waals surface area contributed by atoms with Crippen molar-refractivity contribution in [1.29, 1.82) is 0 Å². The summed E-state index contributed by atoms with van der Waals surface area (Å²) in [5.41, 5.74) is -0.0428. The zero-order valence-corrected chi connectivity index (χ0v) is 15.9. The zero-order chi connectivity index (χ0) is 16.6. The molecule has 1 heterocycles. The van der Waals surface area contributed by atoms with Crippen molar-refractivity contribution in [3.05, 3.63) is 43.1 Å². The van der Waals surface area contributed by atoms with Crippen LogP contribution in [0.25, 0.3) is 11.0 Å². The number of carbonyl (C=O) groups is 1. The summed E-state index contributed by atoms with van der Waals surface area (Å²) in [6.07, 6.45) is 5.48. The molecule has 0 radical (unpaired) electrons. The number of hydrogen-bond acceptors (Lipinski definition) is 3. The van der Waals surface area contributed by atoms with E-state index in [4.69, 9.17) is 4.42 Å². The Balaban J connectivity index is 2.00. The number of nitrogens with zero attached hydrogens (tertiary/aromatic N) is 1. The van der Waals surface area contributed by atoms with E-state index in [0.29, 0.717) is 15.4 Å². The first-order valence-corrected chi connectivity index (χ1v) is 9.26. The fourth-order valence-corrected chi connectivity index (χ4v) is 4.47. The largest absolute Gasteiger partial charge is 0.421 e. The lowest BCUT2D eigenvalue weighted by atomic mass is 9.94. The summed E-state index contributed by atoms with van der Waals surface area (Å²) >= 11 is 6.79. The van der Waals surface area contributed by atoms with Gasteiger partial charge < -0.3 is 9.32 Å². The quantitative estimate of drug-likeness (QED) is 0.632. The van der Waals surface area contributed by atoms with Crippen molar-refractivity contribution >= 4 is 48.7 Å². The molecular weight excluding hydrogens is 426 g/mol. The van der Waals surface area contributed by atoms with Crippen LogP contribution in [0.3, 0.4) is 0 Å². The Labute approximate surface area is 151 Å². The van der Waals surface area contributed by atoms with Gasteiger partial charge in [0.25, 0.3) is 5.91 Å². The van der Waals surface area contributed by atoms with Crippen LogP contribution >= 0.6 is 31.9 Å². The predicted octanol–water partition coefficient (Wildman–Crippen LogP) is 4.72. The molecule has 1 aliphatic rings. The van der Waals surface area contributed by atoms with Gasteiger partial charge in [-0.2, -0.15) is 0 Å². The number of fused-ring (bicyclic) bond motifs is 1. The highest BCUT2D eigenvalue weighted by molar-refractivity contribution is 9.11. The molecule has 1 amide bonds. The van der Waals surface area contributed by atoms with Crippen LogP contribution in [0, 0.1) is 0 Å². The van der Waals surface area contributed by atoms with Gasteiger partial charge in [-0.25, -0.2) is 4.79 Å². The molecule has 1 aliphatic carbocycles. The minimum Gasteiger partial charge on any atom is -0.421 e. The van der Waals surface area contributed by atoms with E-state index < -0.39 is 5.63 Å². The summed E-state index contributed by atoms with van der Waals surface area (Å²) in [5, 5.41) is 0.714. The molecule has 1 aromatic heterocycles. The fourth-order valence-electron chi connectivity index (χ4n) is 3.13. The Hall–Kier alpha value is -1.14. The molecule has 1 fully saturated rings. The monoisotopic (exact) mass is 441 g/mol. The summed E-state index contributed by atoms with van der Waals surface area (Å²) in [4.78, 5) is 26.7. The summed E-state index contributed by atoms with van der Waals surface area (Å²) in [6, 6.07) is 5.47. The molecule has 0 spiro atoms. The molecule has 0 aliphatic heterocycles. The lowest BCUT2D eigenvalue weighted by molar-refractivity contribution is 0.0692. The third-order valence-corrected chi connectivity index (χ3v) is 5.47. The first-order valence-electron chi connectivity index (χ1n) is 7.67. The van der Waals surface area contributed by atoms with Gasteiger partial charge in [0.2, 0.25) is 0 Å². The number of benzene rings is 1. The Morgan fingerprint density at radius 2 is 1.87 bits per heavy atom. The van der Waals surface area contributed by atoms with E-state index in [-0.39, 0.29) is 17.5 Å². The molecule has 0 N–H and O–H groups in total. The average Bonchev–Trinajstić information content (AvgIpc) is 2.54. The van der Waals surface area contributed by atoms with Crippen molar-refractivity contribution < 1.29 is 9.21 Å². The smallest absolute Gasteiger partial charge is 0.349 e. The van der Waals surface area contributed by atoms with Crippen LogP contribution < -0.4 is 5.63 Å². The van der Waals surface area contributed by atoms with Crippen LogP contribution in [0.1, 0.15) is 42.5 Å². The highest BCUT2D eigenvalue weighted by atomic mass is 79.9. The van der Waals surface area contributed by atoms with Gasteiger partial charge in [0.05, 0.1) is 4.47 Å². The molecule has 4 nitrogen and oxygen atoms in total. The van der Waals surface area contributed by atoms with E-state index in [1.807, 2.05) is 6.07 Å². The average molecular weight is 443 g/mol. The van der Waals surface area contributed by atoms with Crippen molar-refractivity contribution in [2.45, 2.75) is 38.1 Å². The first-order chi connectivity index (χ1) is 11.0. The van der Waals surface area contributed by atoms with Crippen LogP contribution in [0.15, 0.2) is 36.4 Å². The molecule has 2 aromatic rings. The topological polar surface area (TPSA) is 50.5 Å². The molecule has 122 valence electrons. The van der Waals surface area contributed by atoms with Crippen molar-refractivity contribution in [3.8, 4) is 0 Å². The lowest BCUT2D eigenvalue weighted by Crippen LogP contribution is -2.40. The number of amides is 1. The molecular formula is C17H17Br2NO3. The molecule has 0 saturated heterocycles. The van der Waals surface area contributed by atoms with E-state index in [0.717, 1.165) is 30.2 Å². The number of carbonyl (C=O) groups excluding carboxylic acids is 1. The Morgan fingerprint density at radius 3 is 2.57 bits per heavy atom. The van der Waals surface area contributed by atoms with E-state index in [2.05, 4.69) is 31.9 Å². The van der Waals surface area contributed by atoms with Gasteiger partial charge in [-0.1, -0.05) is 35.2 Å². The first kappa shape index (κ1) is 16.7. The van der Waals surface area contributed by atoms with Gasteiger partial charge >= 0.3 is 5.63 Å². The van der Waals surface area contributed by atoms with Crippen molar-refractivity contribution in [3.63, 3.8) is 0 Å². The molecule has 3 rings (SSSR count). The van der Waals surface area contributed by atoms with Gasteiger partial charge in [-0.05, 0) is 47.0 Å². The Morgan fingerprint density at radius 1 is 1.17 bits per heavy atom. The summed E-state index contributed by atoms with van der Waals surface area (Å²) in [6.45, 7) is 0. The molecule has 0 unspecified atom stereocenters. The Kier molecular flexibility index (Phi) is 4.92. The maximum Gasteiger partial charge on any atom is 0.349 e. The summed E-state index contributed by atoms with van der Waals surface area (Å²) in [7, 11) is 1.78. The van der Waals surface area contributed by atoms with Crippen molar-refractivity contribution in [1.82, 2.24) is 4.90 Å². The normalized spacial score (nSPS) is 15.8. The van der Waals surface area contributed by atoms with Crippen molar-refractivity contribution in [2.75, 3.05) is 7.05 Å². The second kappa shape index (κ2) is 6.77. The fraction of sp³-hybridized carbons (Fsp3) is 0.412. The second-order valence-corrected chi connectivity index (χ2v) is 7.73. The lowest BCUT2D eigenvalue weighted by Gasteiger charge is -2.31. The van der Waals surface area contributed by atoms with Crippen LogP contribution in [0.4, 0.5) is 0 Å². The molecule has 23 heavy (non-hydrogen) atoms. The number of halogens is 2. The van der Waals surface area contributed by atoms with Gasteiger partial charge in [0.15, 0.2) is 5.58 Å². The van der Waals surface area contributed by atoms with Gasteiger partial charge in [0, 0.05) is 22.9 Å². The van der Waals surface area contributed by atoms with Gasteiger partial charge in [-0.15, -0.1) is 0 Å². The minimum atomic E-state index is -0.590. The van der Waals surface area contributed by atoms with Crippen LogP contribution in [-0.2, 0) is 0 Å². The van der Waals surface area contributed by atoms with Crippen LogP contribution in [0.2, 0.25) is 0 Å². The summed E-state index contributed by atoms with van der Waals surface area (Å²) in [5.74, 6) is -0.261. The molecule has 0 atom stereocenters. The zero-order valence-electron chi connectivity index (χ0n) is 12.8. The number of hydrogen-bond donors (Lipinski definition) is 0. The molecule has 6 heteroatoms. The van der Waals surface area contributed by atoms with E-state index in [1.165, 1.54) is 6.42 Å². The maximum atomic E-state index is 12.7. The standard InChI is InChI=1S/C17H17Br2NO3/c1-20(12-5-3-2-4-6-12)16(21)13-8-10-7-11(18)9-14(19)15(10)23-17(13)22/h7-9,12H,2-6H2,1H3. The van der Waals surface area contributed by atoms with Crippen LogP contribution in [-0.4, -0.2) is 23.9 Å². The molecule has 1 saturated carbocycles. The SMILES string of the molecule is CN(C(=O)c1cc2cc(Br)cc(Br)c2oc1=O)C1CCCCC1. The summed E-state index contributed by atoms with van der Waals surface area (Å²) < 4.78 is 6.90. The molecule has 0 bridgehead atoms. The number of rotatable bonds is 2. The van der Waals surface area contributed by atoms with E-state index in [9.17, 15) is 9.59 Å². The minimum absolute atomic E-state index is 0.0931. The van der Waals surface area contributed by atoms with Crippen molar-refractivity contribution in [2.24, 2.45) is 0 Å². The van der Waals surface area contributed by atoms with E-state index in [1.54, 1.807) is 24.1 Å². The van der Waals surface area contributed by atoms with Gasteiger partial charge in [-0.3, -0.25) is 4.79 Å². The van der Waals surface area contributed by atoms with E-state index >= 15 is 0 Å². The third-order valence-electron chi connectivity index (χ3n) is 4.42. The second-order valence-electron chi connectivity index (χ2n) is 5.96.